The van der Waals surface area contributed by atoms with Gasteiger partial charge < -0.3 is 9.64 Å². The summed E-state index contributed by atoms with van der Waals surface area (Å²) in [5.41, 5.74) is 1.15. The van der Waals surface area contributed by atoms with E-state index in [9.17, 15) is 9.59 Å². The van der Waals surface area contributed by atoms with Gasteiger partial charge in [-0.15, -0.1) is 0 Å². The van der Waals surface area contributed by atoms with Crippen molar-refractivity contribution in [2.75, 3.05) is 13.1 Å². The minimum Gasteiger partial charge on any atom is -0.486 e. The van der Waals surface area contributed by atoms with Crippen molar-refractivity contribution >= 4 is 34.9 Å². The lowest BCUT2D eigenvalue weighted by Crippen LogP contribution is -2.52. The average molecular weight is 418 g/mol. The number of carbonyl (C=O) groups is 2. The first-order valence-electron chi connectivity index (χ1n) is 9.48. The van der Waals surface area contributed by atoms with Crippen LogP contribution >= 0.6 is 23.2 Å². The van der Waals surface area contributed by atoms with Crippen molar-refractivity contribution in [2.45, 2.75) is 37.7 Å². The van der Waals surface area contributed by atoms with Crippen LogP contribution in [0.5, 0.6) is 5.75 Å². The van der Waals surface area contributed by atoms with Gasteiger partial charge in [-0.1, -0.05) is 35.3 Å². The second-order valence-electron chi connectivity index (χ2n) is 7.53. The molecule has 4 rings (SSSR count). The highest BCUT2D eigenvalue weighted by Gasteiger charge is 2.43. The van der Waals surface area contributed by atoms with Gasteiger partial charge in [0.25, 0.3) is 0 Å². The van der Waals surface area contributed by atoms with Crippen molar-refractivity contribution in [1.82, 2.24) is 4.90 Å². The number of hydrogen-bond acceptors (Lipinski definition) is 3. The molecule has 2 aromatic carbocycles. The maximum Gasteiger partial charge on any atom is 0.222 e. The molecule has 28 heavy (non-hydrogen) atoms. The van der Waals surface area contributed by atoms with E-state index in [1.807, 2.05) is 29.2 Å². The smallest absolute Gasteiger partial charge is 0.222 e. The van der Waals surface area contributed by atoms with Gasteiger partial charge in [0.2, 0.25) is 5.91 Å². The standard InChI is InChI=1S/C22H21Cl2NO3/c23-16-4-1-15(2-5-16)3-8-21(27)25-11-9-22(10-12-25)14-19(26)18-13-17(24)6-7-20(18)28-22/h1-2,4-7,13H,3,8-12,14H2. The molecule has 1 fully saturated rings. The van der Waals surface area contributed by atoms with E-state index in [2.05, 4.69) is 0 Å². The number of ketones is 1. The molecule has 0 N–H and O–H groups in total. The van der Waals surface area contributed by atoms with Crippen LogP contribution in [0.25, 0.3) is 0 Å². The summed E-state index contributed by atoms with van der Waals surface area (Å²) in [6.45, 7) is 1.21. The maximum absolute atomic E-state index is 12.6. The highest BCUT2D eigenvalue weighted by molar-refractivity contribution is 6.31. The number of ether oxygens (including phenoxy) is 1. The van der Waals surface area contributed by atoms with Crippen molar-refractivity contribution < 1.29 is 14.3 Å². The zero-order valence-corrected chi connectivity index (χ0v) is 16.9. The van der Waals surface area contributed by atoms with E-state index in [4.69, 9.17) is 27.9 Å². The molecule has 2 heterocycles. The molecular formula is C22H21Cl2NO3. The molecule has 0 atom stereocenters. The average Bonchev–Trinajstić information content (AvgIpc) is 2.69. The number of aryl methyl sites for hydroxylation is 1. The third kappa shape index (κ3) is 4.03. The van der Waals surface area contributed by atoms with Crippen LogP contribution < -0.4 is 4.74 Å². The number of likely N-dealkylation sites (tertiary alicyclic amines) is 1. The van der Waals surface area contributed by atoms with Crippen molar-refractivity contribution in [1.29, 1.82) is 0 Å². The molecule has 1 saturated heterocycles. The van der Waals surface area contributed by atoms with Crippen molar-refractivity contribution in [3.05, 3.63) is 63.6 Å². The summed E-state index contributed by atoms with van der Waals surface area (Å²) in [5.74, 6) is 0.800. The molecule has 146 valence electrons. The molecule has 1 spiro atoms. The van der Waals surface area contributed by atoms with Crippen molar-refractivity contribution in [2.24, 2.45) is 0 Å². The van der Waals surface area contributed by atoms with Gasteiger partial charge in [-0.3, -0.25) is 9.59 Å². The zero-order valence-electron chi connectivity index (χ0n) is 15.4. The Labute approximate surface area is 174 Å². The van der Waals surface area contributed by atoms with Gasteiger partial charge in [0.05, 0.1) is 12.0 Å². The topological polar surface area (TPSA) is 46.6 Å². The zero-order chi connectivity index (χ0) is 19.7. The number of hydrogen-bond donors (Lipinski definition) is 0. The van der Waals surface area contributed by atoms with Crippen molar-refractivity contribution in [3.63, 3.8) is 0 Å². The van der Waals surface area contributed by atoms with Crippen LogP contribution in [0, 0.1) is 0 Å². The molecule has 1 amide bonds. The number of carbonyl (C=O) groups excluding carboxylic acids is 2. The number of piperidine rings is 1. The summed E-state index contributed by atoms with van der Waals surface area (Å²) < 4.78 is 6.22. The molecular weight excluding hydrogens is 397 g/mol. The number of fused-ring (bicyclic) bond motifs is 1. The monoisotopic (exact) mass is 417 g/mol. The minimum absolute atomic E-state index is 0.0614. The third-order valence-electron chi connectivity index (χ3n) is 5.62. The van der Waals surface area contributed by atoms with Gasteiger partial charge in [0.1, 0.15) is 11.4 Å². The Morgan fingerprint density at radius 3 is 2.43 bits per heavy atom. The molecule has 0 aliphatic carbocycles. The molecule has 2 aliphatic rings. The van der Waals surface area contributed by atoms with E-state index in [-0.39, 0.29) is 11.7 Å². The number of benzene rings is 2. The van der Waals surface area contributed by atoms with Gasteiger partial charge >= 0.3 is 0 Å². The quantitative estimate of drug-likeness (QED) is 0.709. The van der Waals surface area contributed by atoms with E-state index in [1.54, 1.807) is 18.2 Å². The van der Waals surface area contributed by atoms with E-state index in [0.29, 0.717) is 66.6 Å². The molecule has 0 aromatic heterocycles. The number of nitrogens with zero attached hydrogens (tertiary/aromatic N) is 1. The fraction of sp³-hybridized carbons (Fsp3) is 0.364. The first-order chi connectivity index (χ1) is 13.4. The van der Waals surface area contributed by atoms with E-state index in [1.165, 1.54) is 0 Å². The van der Waals surface area contributed by atoms with Crippen LogP contribution in [0.1, 0.15) is 41.6 Å². The fourth-order valence-corrected chi connectivity index (χ4v) is 4.27. The molecule has 6 heteroatoms. The van der Waals surface area contributed by atoms with Gasteiger partial charge in [0.15, 0.2) is 5.78 Å². The molecule has 4 nitrogen and oxygen atoms in total. The van der Waals surface area contributed by atoms with Gasteiger partial charge in [-0.05, 0) is 42.3 Å². The van der Waals surface area contributed by atoms with E-state index >= 15 is 0 Å². The number of halogens is 2. The molecule has 0 unspecified atom stereocenters. The SMILES string of the molecule is O=C1CC2(CCN(C(=O)CCc3ccc(Cl)cc3)CC2)Oc2ccc(Cl)cc21. The summed E-state index contributed by atoms with van der Waals surface area (Å²) in [4.78, 5) is 27.0. The van der Waals surface area contributed by atoms with Crippen LogP contribution in [0.15, 0.2) is 42.5 Å². The molecule has 2 aliphatic heterocycles. The van der Waals surface area contributed by atoms with Crippen LogP contribution in [0.4, 0.5) is 0 Å². The van der Waals surface area contributed by atoms with Crippen LogP contribution in [0.2, 0.25) is 10.0 Å². The Morgan fingerprint density at radius 1 is 1.04 bits per heavy atom. The first kappa shape index (κ1) is 19.3. The normalized spacial score (nSPS) is 17.9. The fourth-order valence-electron chi connectivity index (χ4n) is 3.97. The minimum atomic E-state index is -0.509. The van der Waals surface area contributed by atoms with Crippen molar-refractivity contribution in [3.8, 4) is 5.75 Å². The van der Waals surface area contributed by atoms with Gasteiger partial charge in [-0.2, -0.15) is 0 Å². The number of amides is 1. The third-order valence-corrected chi connectivity index (χ3v) is 6.11. The Balaban J connectivity index is 1.35. The predicted molar refractivity (Wildman–Crippen MR) is 109 cm³/mol. The Kier molecular flexibility index (Phi) is 5.35. The molecule has 2 aromatic rings. The number of rotatable bonds is 3. The van der Waals surface area contributed by atoms with Gasteiger partial charge in [0, 0.05) is 42.4 Å². The first-order valence-corrected chi connectivity index (χ1v) is 10.2. The second-order valence-corrected chi connectivity index (χ2v) is 8.41. The maximum atomic E-state index is 12.6. The highest BCUT2D eigenvalue weighted by Crippen LogP contribution is 2.40. The van der Waals surface area contributed by atoms with E-state index in [0.717, 1.165) is 5.56 Å². The lowest BCUT2D eigenvalue weighted by atomic mass is 9.82. The Bertz CT molecular complexity index is 902. The number of Topliss-reactive ketones (excluding diaryl/α,β-unsaturated/α-hetero) is 1. The van der Waals surface area contributed by atoms with Gasteiger partial charge in [-0.25, -0.2) is 0 Å². The largest absolute Gasteiger partial charge is 0.486 e. The second kappa shape index (κ2) is 7.76. The Morgan fingerprint density at radius 2 is 1.71 bits per heavy atom. The summed E-state index contributed by atoms with van der Waals surface area (Å²) in [6, 6.07) is 12.8. The van der Waals surface area contributed by atoms with Crippen LogP contribution in [-0.4, -0.2) is 35.3 Å². The summed E-state index contributed by atoms with van der Waals surface area (Å²) in [7, 11) is 0. The summed E-state index contributed by atoms with van der Waals surface area (Å²) in [5, 5.41) is 1.23. The van der Waals surface area contributed by atoms with E-state index < -0.39 is 5.60 Å². The summed E-state index contributed by atoms with van der Waals surface area (Å²) in [6.07, 6.45) is 2.82. The highest BCUT2D eigenvalue weighted by atomic mass is 35.5. The molecule has 0 saturated carbocycles. The van der Waals surface area contributed by atoms with Crippen LogP contribution in [0.3, 0.4) is 0 Å². The lowest BCUT2D eigenvalue weighted by molar-refractivity contribution is -0.134. The lowest BCUT2D eigenvalue weighted by Gasteiger charge is -2.44. The molecule has 0 radical (unpaired) electrons. The Hall–Kier alpha value is -2.04. The van der Waals surface area contributed by atoms with Crippen LogP contribution in [-0.2, 0) is 11.2 Å². The summed E-state index contributed by atoms with van der Waals surface area (Å²) >= 11 is 11.9. The molecule has 0 bridgehead atoms. The predicted octanol–water partition coefficient (Wildman–Crippen LogP) is 4.95.